The van der Waals surface area contributed by atoms with Crippen molar-refractivity contribution in [1.29, 1.82) is 0 Å². The van der Waals surface area contributed by atoms with Crippen LogP contribution in [0, 0.1) is 15.9 Å². The highest BCUT2D eigenvalue weighted by Crippen LogP contribution is 2.41. The molecule has 1 aromatic heterocycles. The summed E-state index contributed by atoms with van der Waals surface area (Å²) in [5, 5.41) is 20.0. The fourth-order valence-electron chi connectivity index (χ4n) is 2.94. The van der Waals surface area contributed by atoms with E-state index in [2.05, 4.69) is 10.2 Å². The summed E-state index contributed by atoms with van der Waals surface area (Å²) in [5.74, 6) is 1.66. The molecule has 1 aliphatic rings. The highest BCUT2D eigenvalue weighted by atomic mass is 32.2. The molecule has 7 nitrogen and oxygen atoms in total. The molecular formula is C20H19FN4O3S. The first-order valence-electron chi connectivity index (χ1n) is 9.33. The lowest BCUT2D eigenvalue weighted by atomic mass is 10.2. The van der Waals surface area contributed by atoms with Crippen molar-refractivity contribution in [2.45, 2.75) is 30.5 Å². The Morgan fingerprint density at radius 1 is 1.17 bits per heavy atom. The van der Waals surface area contributed by atoms with Crippen molar-refractivity contribution < 1.29 is 14.1 Å². The topological polar surface area (TPSA) is 83.1 Å². The maximum atomic E-state index is 14.2. The summed E-state index contributed by atoms with van der Waals surface area (Å²) in [6.45, 7) is 0.489. The van der Waals surface area contributed by atoms with Gasteiger partial charge >= 0.3 is 0 Å². The zero-order chi connectivity index (χ0) is 20.2. The predicted octanol–water partition coefficient (Wildman–Crippen LogP) is 4.89. The Balaban J connectivity index is 1.33. The van der Waals surface area contributed by atoms with Gasteiger partial charge in [-0.05, 0) is 43.5 Å². The number of thioether (sulfide) groups is 1. The summed E-state index contributed by atoms with van der Waals surface area (Å²) in [6, 6.07) is 13.0. The Labute approximate surface area is 171 Å². The van der Waals surface area contributed by atoms with E-state index in [0.29, 0.717) is 29.8 Å². The van der Waals surface area contributed by atoms with Gasteiger partial charge in [0.15, 0.2) is 11.0 Å². The van der Waals surface area contributed by atoms with E-state index in [4.69, 9.17) is 4.74 Å². The molecule has 0 saturated heterocycles. The van der Waals surface area contributed by atoms with E-state index in [9.17, 15) is 14.5 Å². The third-order valence-electron chi connectivity index (χ3n) is 4.53. The molecule has 29 heavy (non-hydrogen) atoms. The second-order valence-electron chi connectivity index (χ2n) is 6.69. The molecule has 0 N–H and O–H groups in total. The average Bonchev–Trinajstić information content (AvgIpc) is 3.48. The van der Waals surface area contributed by atoms with Crippen molar-refractivity contribution in [2.75, 3.05) is 12.4 Å². The van der Waals surface area contributed by atoms with E-state index in [1.54, 1.807) is 42.1 Å². The van der Waals surface area contributed by atoms with Gasteiger partial charge in [0.25, 0.3) is 5.69 Å². The molecule has 1 heterocycles. The standard InChI is InChI=1S/C20H19FN4O3S/c21-18-5-2-1-4-17(18)19-22-23-20(24(19)14-6-7-14)29-13-3-12-28-16-10-8-15(9-11-16)25(26)27/h1-2,4-5,8-11,14H,3,6-7,12-13H2. The zero-order valence-corrected chi connectivity index (χ0v) is 16.3. The second kappa shape index (κ2) is 8.60. The number of benzene rings is 2. The van der Waals surface area contributed by atoms with Crippen LogP contribution in [0.1, 0.15) is 25.3 Å². The van der Waals surface area contributed by atoms with E-state index < -0.39 is 4.92 Å². The van der Waals surface area contributed by atoms with Crippen LogP contribution in [0.2, 0.25) is 0 Å². The lowest BCUT2D eigenvalue weighted by molar-refractivity contribution is -0.384. The minimum absolute atomic E-state index is 0.0398. The number of halogens is 1. The van der Waals surface area contributed by atoms with Crippen LogP contribution >= 0.6 is 11.8 Å². The van der Waals surface area contributed by atoms with Gasteiger partial charge in [0.05, 0.1) is 17.1 Å². The summed E-state index contributed by atoms with van der Waals surface area (Å²) >= 11 is 1.58. The normalized spacial score (nSPS) is 13.4. The SMILES string of the molecule is O=[N+]([O-])c1ccc(OCCCSc2nnc(-c3ccccc3F)n2C2CC2)cc1. The van der Waals surface area contributed by atoms with Crippen LogP contribution in [0.3, 0.4) is 0 Å². The number of nitrogens with zero attached hydrogens (tertiary/aromatic N) is 4. The van der Waals surface area contributed by atoms with Crippen molar-refractivity contribution in [3.05, 3.63) is 64.5 Å². The summed E-state index contributed by atoms with van der Waals surface area (Å²) in [6.07, 6.45) is 2.88. The van der Waals surface area contributed by atoms with Crippen LogP contribution in [0.15, 0.2) is 53.7 Å². The van der Waals surface area contributed by atoms with Gasteiger partial charge in [-0.2, -0.15) is 0 Å². The third-order valence-corrected chi connectivity index (χ3v) is 5.56. The lowest BCUT2D eigenvalue weighted by Crippen LogP contribution is -2.02. The van der Waals surface area contributed by atoms with Gasteiger partial charge in [-0.15, -0.1) is 10.2 Å². The summed E-state index contributed by atoms with van der Waals surface area (Å²) in [5.41, 5.74) is 0.512. The first kappa shape index (κ1) is 19.4. The smallest absolute Gasteiger partial charge is 0.269 e. The molecule has 0 atom stereocenters. The Hall–Kier alpha value is -2.94. The molecule has 0 amide bonds. The van der Waals surface area contributed by atoms with Gasteiger partial charge in [-0.1, -0.05) is 23.9 Å². The fraction of sp³-hybridized carbons (Fsp3) is 0.300. The summed E-state index contributed by atoms with van der Waals surface area (Å²) in [4.78, 5) is 10.2. The molecule has 150 valence electrons. The van der Waals surface area contributed by atoms with Crippen molar-refractivity contribution >= 4 is 17.4 Å². The minimum Gasteiger partial charge on any atom is -0.494 e. The predicted molar refractivity (Wildman–Crippen MR) is 108 cm³/mol. The number of hydrogen-bond acceptors (Lipinski definition) is 6. The molecule has 0 unspecified atom stereocenters. The molecule has 0 aliphatic heterocycles. The molecule has 0 bridgehead atoms. The number of nitro groups is 1. The molecule has 1 fully saturated rings. The lowest BCUT2D eigenvalue weighted by Gasteiger charge is -2.09. The van der Waals surface area contributed by atoms with Gasteiger partial charge in [0.1, 0.15) is 11.6 Å². The van der Waals surface area contributed by atoms with Crippen LogP contribution in [0.5, 0.6) is 5.75 Å². The van der Waals surface area contributed by atoms with Crippen LogP contribution in [-0.4, -0.2) is 32.0 Å². The highest BCUT2D eigenvalue weighted by Gasteiger charge is 2.30. The Bertz CT molecular complexity index is 1010. The number of ether oxygens (including phenoxy) is 1. The van der Waals surface area contributed by atoms with Crippen molar-refractivity contribution in [3.8, 4) is 17.1 Å². The molecule has 0 spiro atoms. The Morgan fingerprint density at radius 2 is 1.93 bits per heavy atom. The van der Waals surface area contributed by atoms with Gasteiger partial charge < -0.3 is 4.74 Å². The Kier molecular flexibility index (Phi) is 5.75. The van der Waals surface area contributed by atoms with Gasteiger partial charge in [0, 0.05) is 23.9 Å². The van der Waals surface area contributed by atoms with E-state index in [0.717, 1.165) is 30.2 Å². The highest BCUT2D eigenvalue weighted by molar-refractivity contribution is 7.99. The number of hydrogen-bond donors (Lipinski definition) is 0. The van der Waals surface area contributed by atoms with Crippen LogP contribution in [-0.2, 0) is 0 Å². The molecular weight excluding hydrogens is 395 g/mol. The number of aromatic nitrogens is 3. The molecule has 9 heteroatoms. The van der Waals surface area contributed by atoms with E-state index in [1.165, 1.54) is 18.2 Å². The average molecular weight is 414 g/mol. The molecule has 0 radical (unpaired) electrons. The minimum atomic E-state index is -0.438. The molecule has 1 aliphatic carbocycles. The van der Waals surface area contributed by atoms with E-state index in [-0.39, 0.29) is 11.5 Å². The van der Waals surface area contributed by atoms with Crippen molar-refractivity contribution in [2.24, 2.45) is 0 Å². The Morgan fingerprint density at radius 3 is 2.62 bits per heavy atom. The van der Waals surface area contributed by atoms with Crippen LogP contribution < -0.4 is 4.74 Å². The van der Waals surface area contributed by atoms with Crippen LogP contribution in [0.25, 0.3) is 11.4 Å². The summed E-state index contributed by atoms with van der Waals surface area (Å²) < 4.78 is 21.9. The fourth-order valence-corrected chi connectivity index (χ4v) is 3.86. The van der Waals surface area contributed by atoms with E-state index in [1.807, 2.05) is 4.57 Å². The molecule has 2 aromatic carbocycles. The summed E-state index contributed by atoms with van der Waals surface area (Å²) in [7, 11) is 0. The second-order valence-corrected chi connectivity index (χ2v) is 7.75. The molecule has 4 rings (SSSR count). The van der Waals surface area contributed by atoms with E-state index >= 15 is 0 Å². The first-order valence-corrected chi connectivity index (χ1v) is 10.3. The third kappa shape index (κ3) is 4.56. The zero-order valence-electron chi connectivity index (χ0n) is 15.5. The van der Waals surface area contributed by atoms with Crippen molar-refractivity contribution in [3.63, 3.8) is 0 Å². The van der Waals surface area contributed by atoms with Gasteiger partial charge in [0.2, 0.25) is 0 Å². The van der Waals surface area contributed by atoms with Crippen molar-refractivity contribution in [1.82, 2.24) is 14.8 Å². The number of rotatable bonds is 9. The first-order chi connectivity index (χ1) is 14.1. The van der Waals surface area contributed by atoms with Gasteiger partial charge in [-0.25, -0.2) is 4.39 Å². The van der Waals surface area contributed by atoms with Crippen LogP contribution in [0.4, 0.5) is 10.1 Å². The molecule has 3 aromatic rings. The quantitative estimate of drug-likeness (QED) is 0.215. The number of non-ortho nitro benzene ring substituents is 1. The largest absolute Gasteiger partial charge is 0.494 e. The maximum absolute atomic E-state index is 14.2. The monoisotopic (exact) mass is 414 g/mol. The number of nitro benzene ring substituents is 1. The maximum Gasteiger partial charge on any atom is 0.269 e. The van der Waals surface area contributed by atoms with Gasteiger partial charge in [-0.3, -0.25) is 14.7 Å². The molecule has 1 saturated carbocycles.